The van der Waals surface area contributed by atoms with Gasteiger partial charge in [0.15, 0.2) is 6.61 Å². The van der Waals surface area contributed by atoms with E-state index in [-0.39, 0.29) is 29.2 Å². The van der Waals surface area contributed by atoms with E-state index < -0.39 is 18.2 Å². The summed E-state index contributed by atoms with van der Waals surface area (Å²) < 4.78 is 10.2. The van der Waals surface area contributed by atoms with Crippen LogP contribution in [0.2, 0.25) is 0 Å². The maximum absolute atomic E-state index is 11.4. The number of ether oxygens (including phenoxy) is 2. The minimum Gasteiger partial charge on any atom is -0.482 e. The van der Waals surface area contributed by atoms with E-state index in [4.69, 9.17) is 16.3 Å². The minimum absolute atomic E-state index is 0.0132. The van der Waals surface area contributed by atoms with Crippen molar-refractivity contribution in [2.75, 3.05) is 13.7 Å². The summed E-state index contributed by atoms with van der Waals surface area (Å²) in [5, 5.41) is 22.1. The molecule has 0 spiro atoms. The highest BCUT2D eigenvalue weighted by Gasteiger charge is 2.45. The highest BCUT2D eigenvalue weighted by atomic mass is 35.5. The van der Waals surface area contributed by atoms with Gasteiger partial charge in [0, 0.05) is 16.7 Å². The van der Waals surface area contributed by atoms with Gasteiger partial charge in [-0.05, 0) is 66.8 Å². The highest BCUT2D eigenvalue weighted by molar-refractivity contribution is 6.21. The number of aliphatic hydroxyl groups is 2. The molecule has 0 saturated heterocycles. The molecule has 35 heavy (non-hydrogen) atoms. The lowest BCUT2D eigenvalue weighted by molar-refractivity contribution is -0.142. The van der Waals surface area contributed by atoms with Crippen LogP contribution in [0.4, 0.5) is 0 Å². The van der Waals surface area contributed by atoms with E-state index in [1.807, 2.05) is 36.4 Å². The van der Waals surface area contributed by atoms with Crippen LogP contribution < -0.4 is 4.74 Å². The van der Waals surface area contributed by atoms with E-state index in [2.05, 4.69) is 23.8 Å². The molecule has 2 aliphatic carbocycles. The average Bonchev–Trinajstić information content (AvgIpc) is 3.12. The van der Waals surface area contributed by atoms with Gasteiger partial charge >= 0.3 is 5.97 Å². The molecule has 0 aliphatic heterocycles. The van der Waals surface area contributed by atoms with Crippen molar-refractivity contribution in [3.05, 3.63) is 65.2 Å². The second kappa shape index (κ2) is 11.3. The zero-order valence-corrected chi connectivity index (χ0v) is 21.4. The van der Waals surface area contributed by atoms with Crippen LogP contribution >= 0.6 is 11.6 Å². The smallest absolute Gasteiger partial charge is 0.343 e. The van der Waals surface area contributed by atoms with Crippen molar-refractivity contribution in [1.82, 2.24) is 0 Å². The fourth-order valence-electron chi connectivity index (χ4n) is 6.10. The van der Waals surface area contributed by atoms with Gasteiger partial charge in [0.2, 0.25) is 0 Å². The molecule has 6 heteroatoms. The van der Waals surface area contributed by atoms with Gasteiger partial charge in [-0.15, -0.1) is 11.6 Å². The van der Waals surface area contributed by atoms with Crippen molar-refractivity contribution in [3.8, 4) is 5.75 Å². The Balaban J connectivity index is 1.54. The molecule has 2 aromatic carbocycles. The van der Waals surface area contributed by atoms with Gasteiger partial charge in [-0.1, -0.05) is 56.2 Å². The van der Waals surface area contributed by atoms with Gasteiger partial charge in [0.25, 0.3) is 0 Å². The summed E-state index contributed by atoms with van der Waals surface area (Å²) in [4.78, 5) is 11.4. The molecule has 1 unspecified atom stereocenters. The van der Waals surface area contributed by atoms with Crippen LogP contribution in [0, 0.1) is 11.3 Å². The third-order valence-electron chi connectivity index (χ3n) is 8.05. The van der Waals surface area contributed by atoms with Crippen LogP contribution in [0.15, 0.2) is 48.5 Å². The second-order valence-electron chi connectivity index (χ2n) is 10.3. The lowest BCUT2D eigenvalue weighted by Gasteiger charge is -2.46. The summed E-state index contributed by atoms with van der Waals surface area (Å²) in [6.45, 7) is 2.04. The molecule has 5 nitrogen and oxygen atoms in total. The van der Waals surface area contributed by atoms with Gasteiger partial charge in [0.05, 0.1) is 19.3 Å². The summed E-state index contributed by atoms with van der Waals surface area (Å²) in [7, 11) is 1.33. The van der Waals surface area contributed by atoms with Crippen LogP contribution in [-0.2, 0) is 16.0 Å². The Morgan fingerprint density at radius 1 is 1.20 bits per heavy atom. The predicted molar refractivity (Wildman–Crippen MR) is 137 cm³/mol. The fraction of sp³-hybridized carbons (Fsp3) is 0.552. The van der Waals surface area contributed by atoms with Crippen molar-refractivity contribution >= 4 is 17.6 Å². The molecule has 0 amide bonds. The SMILES string of the molecule is CCCC1([C@H](O)c2cccc([C@@H]3C(Cc4cccc(OCC(=O)OC)c4)[C@H](Cl)C[C@H]3O)c2)CCC1. The van der Waals surface area contributed by atoms with Gasteiger partial charge in [0.1, 0.15) is 5.75 Å². The molecule has 2 aromatic rings. The molecule has 2 saturated carbocycles. The van der Waals surface area contributed by atoms with Crippen molar-refractivity contribution in [3.63, 3.8) is 0 Å². The lowest BCUT2D eigenvalue weighted by Crippen LogP contribution is -2.36. The normalized spacial score (nSPS) is 26.1. The molecule has 2 N–H and O–H groups in total. The molecule has 0 bridgehead atoms. The Morgan fingerprint density at radius 3 is 2.66 bits per heavy atom. The molecule has 2 aliphatic rings. The van der Waals surface area contributed by atoms with Crippen LogP contribution in [0.25, 0.3) is 0 Å². The Labute approximate surface area is 213 Å². The maximum Gasteiger partial charge on any atom is 0.343 e. The Kier molecular flexibility index (Phi) is 8.41. The second-order valence-corrected chi connectivity index (χ2v) is 10.8. The van der Waals surface area contributed by atoms with Crippen LogP contribution in [0.1, 0.15) is 74.2 Å². The molecular weight excluding hydrogens is 464 g/mol. The third-order valence-corrected chi connectivity index (χ3v) is 8.55. The molecule has 0 aromatic heterocycles. The first-order chi connectivity index (χ1) is 16.9. The molecule has 2 fully saturated rings. The Morgan fingerprint density at radius 2 is 1.97 bits per heavy atom. The van der Waals surface area contributed by atoms with E-state index in [0.717, 1.165) is 42.4 Å². The first kappa shape index (κ1) is 26.0. The molecule has 5 atom stereocenters. The van der Waals surface area contributed by atoms with Crippen molar-refractivity contribution in [2.24, 2.45) is 11.3 Å². The standard InChI is InChI=1S/C29H37ClO5/c1-3-11-29(12-6-13-29)28(33)21-9-5-8-20(16-21)27-23(24(30)17-25(27)31)15-19-7-4-10-22(14-19)35-18-26(32)34-2/h4-5,7-10,14,16,23-25,27-28,31,33H,3,6,11-13,15,17-18H2,1-2H3/t23?,24-,25-,27-,28-/m1/s1. The summed E-state index contributed by atoms with van der Waals surface area (Å²) >= 11 is 6.77. The number of carbonyl (C=O) groups excluding carboxylic acids is 1. The third kappa shape index (κ3) is 5.68. The van der Waals surface area contributed by atoms with E-state index in [0.29, 0.717) is 18.6 Å². The number of hydrogen-bond acceptors (Lipinski definition) is 5. The summed E-state index contributed by atoms with van der Waals surface area (Å²) in [5.74, 6) is 0.0804. The minimum atomic E-state index is -0.540. The first-order valence-electron chi connectivity index (χ1n) is 12.8. The number of benzene rings is 2. The lowest BCUT2D eigenvalue weighted by atomic mass is 9.61. The number of methoxy groups -OCH3 is 1. The molecular formula is C29H37ClO5. The highest BCUT2D eigenvalue weighted by Crippen LogP contribution is 2.54. The Hall–Kier alpha value is -2.08. The van der Waals surface area contributed by atoms with E-state index in [1.54, 1.807) is 0 Å². The number of hydrogen-bond donors (Lipinski definition) is 2. The van der Waals surface area contributed by atoms with Gasteiger partial charge in [-0.2, -0.15) is 0 Å². The topological polar surface area (TPSA) is 76.0 Å². The van der Waals surface area contributed by atoms with Crippen molar-refractivity contribution in [2.45, 2.75) is 75.4 Å². The molecule has 0 heterocycles. The van der Waals surface area contributed by atoms with E-state index in [9.17, 15) is 15.0 Å². The molecule has 190 valence electrons. The van der Waals surface area contributed by atoms with E-state index >= 15 is 0 Å². The summed E-state index contributed by atoms with van der Waals surface area (Å²) in [5.41, 5.74) is 3.00. The number of alkyl halides is 1. The van der Waals surface area contributed by atoms with E-state index in [1.165, 1.54) is 13.5 Å². The van der Waals surface area contributed by atoms with Gasteiger partial charge < -0.3 is 19.7 Å². The average molecular weight is 501 g/mol. The Bertz CT molecular complexity index is 1000. The number of carbonyl (C=O) groups is 1. The fourth-order valence-corrected chi connectivity index (χ4v) is 6.53. The van der Waals surface area contributed by atoms with Crippen molar-refractivity contribution in [1.29, 1.82) is 0 Å². The monoisotopic (exact) mass is 500 g/mol. The zero-order chi connectivity index (χ0) is 25.0. The van der Waals surface area contributed by atoms with Crippen LogP contribution in [-0.4, -0.2) is 41.4 Å². The summed E-state index contributed by atoms with van der Waals surface area (Å²) in [6.07, 6.45) is 5.60. The quantitative estimate of drug-likeness (QED) is 0.330. The van der Waals surface area contributed by atoms with Gasteiger partial charge in [-0.3, -0.25) is 0 Å². The number of rotatable bonds is 10. The number of esters is 1. The number of halogens is 1. The largest absolute Gasteiger partial charge is 0.482 e. The summed E-state index contributed by atoms with van der Waals surface area (Å²) in [6, 6.07) is 15.8. The van der Waals surface area contributed by atoms with Crippen LogP contribution in [0.5, 0.6) is 5.75 Å². The van der Waals surface area contributed by atoms with Gasteiger partial charge in [-0.25, -0.2) is 4.79 Å². The van der Waals surface area contributed by atoms with Crippen molar-refractivity contribution < 1.29 is 24.5 Å². The zero-order valence-electron chi connectivity index (χ0n) is 20.7. The maximum atomic E-state index is 11.4. The molecule has 0 radical (unpaired) electrons. The first-order valence-corrected chi connectivity index (χ1v) is 13.2. The number of aliphatic hydroxyl groups excluding tert-OH is 2. The molecule has 4 rings (SSSR count). The predicted octanol–water partition coefficient (Wildman–Crippen LogP) is 5.56. The van der Waals surface area contributed by atoms with Crippen LogP contribution in [0.3, 0.4) is 0 Å².